The minimum absolute atomic E-state index is 0.132. The first-order valence-corrected chi connectivity index (χ1v) is 9.80. The summed E-state index contributed by atoms with van der Waals surface area (Å²) in [5.41, 5.74) is 3.22. The summed E-state index contributed by atoms with van der Waals surface area (Å²) in [6.45, 7) is 0.864. The average Bonchev–Trinajstić information content (AvgIpc) is 2.84. The Morgan fingerprint density at radius 3 is 2.42 bits per heavy atom. The van der Waals surface area contributed by atoms with Crippen LogP contribution in [-0.2, 0) is 0 Å². The molecule has 33 heavy (non-hydrogen) atoms. The van der Waals surface area contributed by atoms with Crippen LogP contribution in [0.15, 0.2) is 71.8 Å². The molecule has 4 rings (SSSR count). The third kappa shape index (κ3) is 5.13. The quantitative estimate of drug-likeness (QED) is 0.202. The summed E-state index contributed by atoms with van der Waals surface area (Å²) in [5, 5.41) is 14.7. The van der Waals surface area contributed by atoms with Crippen molar-refractivity contribution in [1.29, 1.82) is 0 Å². The van der Waals surface area contributed by atoms with Crippen molar-refractivity contribution in [3.05, 3.63) is 93.5 Å². The van der Waals surface area contributed by atoms with Crippen LogP contribution in [0.1, 0.15) is 26.3 Å². The standard InChI is InChI=1S/C23H17N3O7/c27-22(16-7-10-20-21(13-16)32-12-11-31-20)25-24-14-17-3-1-2-4-19(17)33-23(28)15-5-8-18(9-6-15)26(29)30/h1-10,13-14H,11-12H2,(H,25,27). The van der Waals surface area contributed by atoms with Crippen LogP contribution in [0.4, 0.5) is 5.69 Å². The second kappa shape index (κ2) is 9.60. The summed E-state index contributed by atoms with van der Waals surface area (Å²) in [6.07, 6.45) is 1.34. The van der Waals surface area contributed by atoms with Gasteiger partial charge in [0, 0.05) is 23.3 Å². The molecule has 166 valence electrons. The van der Waals surface area contributed by atoms with Crippen molar-refractivity contribution < 1.29 is 28.7 Å². The van der Waals surface area contributed by atoms with Crippen molar-refractivity contribution in [3.8, 4) is 17.2 Å². The second-order valence-corrected chi connectivity index (χ2v) is 6.79. The molecule has 0 fully saturated rings. The first-order chi connectivity index (χ1) is 16.0. The number of non-ortho nitro benzene ring substituents is 1. The molecule has 10 nitrogen and oxygen atoms in total. The maximum atomic E-state index is 12.4. The lowest BCUT2D eigenvalue weighted by atomic mass is 10.2. The van der Waals surface area contributed by atoms with Crippen LogP contribution < -0.4 is 19.6 Å². The smallest absolute Gasteiger partial charge is 0.343 e. The number of fused-ring (bicyclic) bond motifs is 1. The van der Waals surface area contributed by atoms with Crippen LogP contribution >= 0.6 is 0 Å². The maximum absolute atomic E-state index is 12.4. The van der Waals surface area contributed by atoms with Crippen molar-refractivity contribution >= 4 is 23.8 Å². The SMILES string of the molecule is O=C(NN=Cc1ccccc1OC(=O)c1ccc([N+](=O)[O-])cc1)c1ccc2c(c1)OCCO2. The number of para-hydroxylation sites is 1. The highest BCUT2D eigenvalue weighted by Gasteiger charge is 2.15. The van der Waals surface area contributed by atoms with Gasteiger partial charge in [-0.25, -0.2) is 10.2 Å². The van der Waals surface area contributed by atoms with E-state index in [0.717, 1.165) is 0 Å². The van der Waals surface area contributed by atoms with Gasteiger partial charge < -0.3 is 14.2 Å². The first kappa shape index (κ1) is 21.5. The molecule has 1 N–H and O–H groups in total. The molecular formula is C23H17N3O7. The summed E-state index contributed by atoms with van der Waals surface area (Å²) >= 11 is 0. The van der Waals surface area contributed by atoms with Gasteiger partial charge in [0.2, 0.25) is 0 Å². The predicted octanol–water partition coefficient (Wildman–Crippen LogP) is 3.35. The van der Waals surface area contributed by atoms with Gasteiger partial charge in [0.25, 0.3) is 11.6 Å². The molecule has 3 aromatic carbocycles. The number of hydrazone groups is 1. The number of nitrogens with zero attached hydrogens (tertiary/aromatic N) is 2. The highest BCUT2D eigenvalue weighted by atomic mass is 16.6. The Hall–Kier alpha value is -4.73. The Bertz CT molecular complexity index is 1240. The van der Waals surface area contributed by atoms with E-state index in [1.165, 1.54) is 30.5 Å². The molecular weight excluding hydrogens is 430 g/mol. The minimum Gasteiger partial charge on any atom is -0.486 e. The average molecular weight is 447 g/mol. The molecule has 0 saturated carbocycles. The summed E-state index contributed by atoms with van der Waals surface area (Å²) in [5.74, 6) is 0.124. The fourth-order valence-electron chi connectivity index (χ4n) is 2.97. The van der Waals surface area contributed by atoms with Crippen LogP contribution in [-0.4, -0.2) is 36.2 Å². The Kier molecular flexibility index (Phi) is 6.26. The molecule has 1 amide bonds. The van der Waals surface area contributed by atoms with E-state index in [1.54, 1.807) is 42.5 Å². The lowest BCUT2D eigenvalue weighted by Crippen LogP contribution is -2.19. The van der Waals surface area contributed by atoms with Crippen LogP contribution in [0, 0.1) is 10.1 Å². The Labute approximate surface area is 187 Å². The van der Waals surface area contributed by atoms with Gasteiger partial charge in [-0.3, -0.25) is 14.9 Å². The highest BCUT2D eigenvalue weighted by molar-refractivity contribution is 5.96. The number of carbonyl (C=O) groups is 2. The fourth-order valence-corrected chi connectivity index (χ4v) is 2.97. The monoisotopic (exact) mass is 447 g/mol. The third-order valence-electron chi connectivity index (χ3n) is 4.61. The van der Waals surface area contributed by atoms with E-state index in [0.29, 0.717) is 35.8 Å². The largest absolute Gasteiger partial charge is 0.486 e. The zero-order valence-corrected chi connectivity index (χ0v) is 17.1. The van der Waals surface area contributed by atoms with Crippen molar-refractivity contribution in [2.45, 2.75) is 0 Å². The molecule has 0 spiro atoms. The topological polar surface area (TPSA) is 129 Å². The molecule has 1 aliphatic rings. The predicted molar refractivity (Wildman–Crippen MR) is 117 cm³/mol. The van der Waals surface area contributed by atoms with Gasteiger partial charge in [-0.05, 0) is 42.5 Å². The summed E-state index contributed by atoms with van der Waals surface area (Å²) in [4.78, 5) is 35.0. The third-order valence-corrected chi connectivity index (χ3v) is 4.61. The van der Waals surface area contributed by atoms with Gasteiger partial charge in [0.05, 0.1) is 16.7 Å². The molecule has 1 heterocycles. The first-order valence-electron chi connectivity index (χ1n) is 9.80. The molecule has 0 radical (unpaired) electrons. The number of nitro groups is 1. The van der Waals surface area contributed by atoms with Gasteiger partial charge in [-0.15, -0.1) is 0 Å². The molecule has 10 heteroatoms. The number of hydrogen-bond donors (Lipinski definition) is 1. The Morgan fingerprint density at radius 1 is 0.970 bits per heavy atom. The highest BCUT2D eigenvalue weighted by Crippen LogP contribution is 2.30. The van der Waals surface area contributed by atoms with Crippen molar-refractivity contribution in [2.24, 2.45) is 5.10 Å². The maximum Gasteiger partial charge on any atom is 0.343 e. The van der Waals surface area contributed by atoms with Gasteiger partial charge in [0.1, 0.15) is 19.0 Å². The summed E-state index contributed by atoms with van der Waals surface area (Å²) in [6, 6.07) is 16.5. The van der Waals surface area contributed by atoms with Crippen LogP contribution in [0.5, 0.6) is 17.2 Å². The lowest BCUT2D eigenvalue weighted by molar-refractivity contribution is -0.384. The van der Waals surface area contributed by atoms with E-state index in [4.69, 9.17) is 14.2 Å². The normalized spacial score (nSPS) is 12.2. The van der Waals surface area contributed by atoms with Crippen LogP contribution in [0.2, 0.25) is 0 Å². The van der Waals surface area contributed by atoms with E-state index < -0.39 is 16.8 Å². The van der Waals surface area contributed by atoms with Crippen molar-refractivity contribution in [2.75, 3.05) is 13.2 Å². The number of carbonyl (C=O) groups excluding carboxylic acids is 2. The summed E-state index contributed by atoms with van der Waals surface area (Å²) < 4.78 is 16.3. The van der Waals surface area contributed by atoms with Crippen LogP contribution in [0.25, 0.3) is 0 Å². The summed E-state index contributed by atoms with van der Waals surface area (Å²) in [7, 11) is 0. The van der Waals surface area contributed by atoms with Crippen LogP contribution in [0.3, 0.4) is 0 Å². The number of nitro benzene ring substituents is 1. The zero-order chi connectivity index (χ0) is 23.2. The van der Waals surface area contributed by atoms with E-state index in [1.807, 2.05) is 0 Å². The number of esters is 1. The van der Waals surface area contributed by atoms with Gasteiger partial charge in [0.15, 0.2) is 11.5 Å². The number of benzene rings is 3. The second-order valence-electron chi connectivity index (χ2n) is 6.79. The van der Waals surface area contributed by atoms with E-state index in [9.17, 15) is 19.7 Å². The Balaban J connectivity index is 1.42. The molecule has 0 bridgehead atoms. The number of hydrogen-bond acceptors (Lipinski definition) is 8. The zero-order valence-electron chi connectivity index (χ0n) is 17.1. The molecule has 0 atom stereocenters. The molecule has 0 unspecified atom stereocenters. The number of rotatable bonds is 6. The number of ether oxygens (including phenoxy) is 3. The Morgan fingerprint density at radius 2 is 1.67 bits per heavy atom. The molecule has 0 aromatic heterocycles. The lowest BCUT2D eigenvalue weighted by Gasteiger charge is -2.18. The minimum atomic E-state index is -0.689. The number of nitrogens with one attached hydrogen (secondary N) is 1. The van der Waals surface area contributed by atoms with E-state index in [-0.39, 0.29) is 17.0 Å². The van der Waals surface area contributed by atoms with Crippen molar-refractivity contribution in [1.82, 2.24) is 5.43 Å². The molecule has 3 aromatic rings. The van der Waals surface area contributed by atoms with E-state index >= 15 is 0 Å². The molecule has 0 aliphatic carbocycles. The molecule has 0 saturated heterocycles. The van der Waals surface area contributed by atoms with Gasteiger partial charge in [-0.1, -0.05) is 12.1 Å². The fraction of sp³-hybridized carbons (Fsp3) is 0.0870. The van der Waals surface area contributed by atoms with E-state index in [2.05, 4.69) is 10.5 Å². The van der Waals surface area contributed by atoms with Gasteiger partial charge >= 0.3 is 5.97 Å². The molecule has 1 aliphatic heterocycles. The van der Waals surface area contributed by atoms with Gasteiger partial charge in [-0.2, -0.15) is 5.10 Å². The number of amides is 1. The van der Waals surface area contributed by atoms with Crippen molar-refractivity contribution in [3.63, 3.8) is 0 Å².